The molecule has 0 bridgehead atoms. The minimum atomic E-state index is 0.895. The topological polar surface area (TPSA) is 37.8 Å². The van der Waals surface area contributed by atoms with Gasteiger partial charge in [-0.05, 0) is 6.42 Å². The van der Waals surface area contributed by atoms with Gasteiger partial charge >= 0.3 is 0 Å². The molecule has 1 rings (SSSR count). The van der Waals surface area contributed by atoms with E-state index >= 15 is 0 Å². The van der Waals surface area contributed by atoms with Crippen molar-refractivity contribution in [3.63, 3.8) is 0 Å². The highest BCUT2D eigenvalue weighted by Gasteiger charge is 2.00. The first-order chi connectivity index (χ1) is 6.30. The summed E-state index contributed by atoms with van der Waals surface area (Å²) in [6.07, 6.45) is 3.06. The molecule has 13 heavy (non-hydrogen) atoms. The molecule has 72 valence electrons. The van der Waals surface area contributed by atoms with Crippen molar-refractivity contribution in [2.75, 3.05) is 12.4 Å². The van der Waals surface area contributed by atoms with E-state index in [0.717, 1.165) is 36.6 Å². The summed E-state index contributed by atoms with van der Waals surface area (Å²) in [7, 11) is 1.89. The molecule has 0 atom stereocenters. The number of anilines is 1. The largest absolute Gasteiger partial charge is 0.373 e. The van der Waals surface area contributed by atoms with Crippen LogP contribution in [0.3, 0.4) is 0 Å². The van der Waals surface area contributed by atoms with Gasteiger partial charge in [0.25, 0.3) is 0 Å². The van der Waals surface area contributed by atoms with E-state index < -0.39 is 0 Å². The minimum absolute atomic E-state index is 0.895. The average Bonchev–Trinajstić information content (AvgIpc) is 2.17. The van der Waals surface area contributed by atoms with Gasteiger partial charge in [-0.3, -0.25) is 0 Å². The second-order valence-corrected chi connectivity index (χ2v) is 3.01. The van der Waals surface area contributed by atoms with Crippen LogP contribution in [0.4, 0.5) is 5.82 Å². The first kappa shape index (κ1) is 9.96. The molecule has 0 saturated heterocycles. The Morgan fingerprint density at radius 1 is 1.31 bits per heavy atom. The Bertz CT molecular complexity index is 249. The fourth-order valence-electron chi connectivity index (χ4n) is 1.22. The maximum absolute atomic E-state index is 4.44. The zero-order chi connectivity index (χ0) is 9.68. The van der Waals surface area contributed by atoms with E-state index in [2.05, 4.69) is 29.1 Å². The number of rotatable bonds is 4. The quantitative estimate of drug-likeness (QED) is 0.768. The van der Waals surface area contributed by atoms with Crippen LogP contribution in [0.1, 0.15) is 31.8 Å². The van der Waals surface area contributed by atoms with Crippen molar-refractivity contribution < 1.29 is 0 Å². The van der Waals surface area contributed by atoms with E-state index in [-0.39, 0.29) is 0 Å². The van der Waals surface area contributed by atoms with Crippen LogP contribution in [0.25, 0.3) is 0 Å². The zero-order valence-corrected chi connectivity index (χ0v) is 8.59. The summed E-state index contributed by atoms with van der Waals surface area (Å²) in [4.78, 5) is 8.77. The standard InChI is InChI=1S/C10H17N3/c1-4-6-8-7-10(11-3)13-9(5-2)12-8/h7H,4-6H2,1-3H3,(H,11,12,13). The molecular formula is C10H17N3. The molecule has 0 aromatic carbocycles. The first-order valence-corrected chi connectivity index (χ1v) is 4.84. The van der Waals surface area contributed by atoms with E-state index in [1.165, 1.54) is 0 Å². The van der Waals surface area contributed by atoms with Crippen LogP contribution in [0.15, 0.2) is 6.07 Å². The van der Waals surface area contributed by atoms with Gasteiger partial charge in [0.2, 0.25) is 0 Å². The van der Waals surface area contributed by atoms with Gasteiger partial charge in [0.1, 0.15) is 11.6 Å². The minimum Gasteiger partial charge on any atom is -0.373 e. The number of hydrogen-bond donors (Lipinski definition) is 1. The first-order valence-electron chi connectivity index (χ1n) is 4.84. The smallest absolute Gasteiger partial charge is 0.130 e. The third-order valence-electron chi connectivity index (χ3n) is 1.90. The van der Waals surface area contributed by atoms with Crippen molar-refractivity contribution in [3.8, 4) is 0 Å². The van der Waals surface area contributed by atoms with Crippen LogP contribution in [-0.4, -0.2) is 17.0 Å². The lowest BCUT2D eigenvalue weighted by Crippen LogP contribution is -2.02. The van der Waals surface area contributed by atoms with Crippen molar-refractivity contribution in [2.45, 2.75) is 33.1 Å². The summed E-state index contributed by atoms with van der Waals surface area (Å²) in [5.41, 5.74) is 1.14. The summed E-state index contributed by atoms with van der Waals surface area (Å²) < 4.78 is 0. The van der Waals surface area contributed by atoms with E-state index in [4.69, 9.17) is 0 Å². The lowest BCUT2D eigenvalue weighted by atomic mass is 10.2. The lowest BCUT2D eigenvalue weighted by Gasteiger charge is -2.05. The van der Waals surface area contributed by atoms with Crippen molar-refractivity contribution in [1.82, 2.24) is 9.97 Å². The summed E-state index contributed by atoms with van der Waals surface area (Å²) in [5, 5.41) is 3.05. The normalized spacial score (nSPS) is 10.1. The molecule has 1 heterocycles. The predicted octanol–water partition coefficient (Wildman–Crippen LogP) is 2.03. The van der Waals surface area contributed by atoms with Crippen LogP contribution in [-0.2, 0) is 12.8 Å². The van der Waals surface area contributed by atoms with Gasteiger partial charge in [-0.1, -0.05) is 20.3 Å². The molecule has 0 spiro atoms. The molecule has 1 aromatic heterocycles. The molecule has 0 aliphatic carbocycles. The second-order valence-electron chi connectivity index (χ2n) is 3.01. The molecule has 0 aliphatic heterocycles. The SMILES string of the molecule is CCCc1cc(NC)nc(CC)n1. The summed E-state index contributed by atoms with van der Waals surface area (Å²) in [6.45, 7) is 4.23. The molecule has 1 aromatic rings. The Labute approximate surface area is 79.6 Å². The van der Waals surface area contributed by atoms with Gasteiger partial charge in [0.15, 0.2) is 0 Å². The Morgan fingerprint density at radius 2 is 2.08 bits per heavy atom. The number of aromatic nitrogens is 2. The van der Waals surface area contributed by atoms with E-state index in [1.807, 2.05) is 13.1 Å². The summed E-state index contributed by atoms with van der Waals surface area (Å²) in [5.74, 6) is 1.85. The van der Waals surface area contributed by atoms with Crippen molar-refractivity contribution in [2.24, 2.45) is 0 Å². The van der Waals surface area contributed by atoms with Crippen molar-refractivity contribution in [3.05, 3.63) is 17.6 Å². The molecule has 0 amide bonds. The Balaban J connectivity index is 2.93. The molecular weight excluding hydrogens is 162 g/mol. The monoisotopic (exact) mass is 179 g/mol. The fourth-order valence-corrected chi connectivity index (χ4v) is 1.22. The van der Waals surface area contributed by atoms with Crippen LogP contribution >= 0.6 is 0 Å². The molecule has 0 saturated carbocycles. The number of aryl methyl sites for hydroxylation is 2. The molecule has 3 heteroatoms. The summed E-state index contributed by atoms with van der Waals surface area (Å²) in [6, 6.07) is 2.02. The van der Waals surface area contributed by atoms with E-state index in [9.17, 15) is 0 Å². The zero-order valence-electron chi connectivity index (χ0n) is 8.59. The second kappa shape index (κ2) is 4.80. The Kier molecular flexibility index (Phi) is 3.68. The molecule has 1 N–H and O–H groups in total. The van der Waals surface area contributed by atoms with Gasteiger partial charge < -0.3 is 5.32 Å². The van der Waals surface area contributed by atoms with Crippen LogP contribution < -0.4 is 5.32 Å². The molecule has 0 unspecified atom stereocenters. The van der Waals surface area contributed by atoms with Gasteiger partial charge in [-0.25, -0.2) is 9.97 Å². The molecule has 0 radical (unpaired) electrons. The number of nitrogens with one attached hydrogen (secondary N) is 1. The summed E-state index contributed by atoms with van der Waals surface area (Å²) >= 11 is 0. The average molecular weight is 179 g/mol. The van der Waals surface area contributed by atoms with Gasteiger partial charge in [-0.15, -0.1) is 0 Å². The van der Waals surface area contributed by atoms with Crippen LogP contribution in [0.2, 0.25) is 0 Å². The van der Waals surface area contributed by atoms with E-state index in [0.29, 0.717) is 0 Å². The van der Waals surface area contributed by atoms with Gasteiger partial charge in [-0.2, -0.15) is 0 Å². The fraction of sp³-hybridized carbons (Fsp3) is 0.600. The number of hydrogen-bond acceptors (Lipinski definition) is 3. The van der Waals surface area contributed by atoms with E-state index in [1.54, 1.807) is 0 Å². The Hall–Kier alpha value is -1.12. The predicted molar refractivity (Wildman–Crippen MR) is 55.0 cm³/mol. The van der Waals surface area contributed by atoms with Crippen LogP contribution in [0, 0.1) is 0 Å². The highest BCUT2D eigenvalue weighted by Crippen LogP contribution is 2.08. The van der Waals surface area contributed by atoms with Crippen LogP contribution in [0.5, 0.6) is 0 Å². The molecule has 0 fully saturated rings. The maximum atomic E-state index is 4.44. The van der Waals surface area contributed by atoms with Gasteiger partial charge in [0, 0.05) is 25.2 Å². The Morgan fingerprint density at radius 3 is 2.62 bits per heavy atom. The van der Waals surface area contributed by atoms with Crippen molar-refractivity contribution >= 4 is 5.82 Å². The molecule has 3 nitrogen and oxygen atoms in total. The van der Waals surface area contributed by atoms with Gasteiger partial charge in [0.05, 0.1) is 0 Å². The number of nitrogens with zero attached hydrogens (tertiary/aromatic N) is 2. The highest BCUT2D eigenvalue weighted by molar-refractivity contribution is 5.35. The highest BCUT2D eigenvalue weighted by atomic mass is 15.0. The lowest BCUT2D eigenvalue weighted by molar-refractivity contribution is 0.835. The third-order valence-corrected chi connectivity index (χ3v) is 1.90. The molecule has 0 aliphatic rings. The maximum Gasteiger partial charge on any atom is 0.130 e. The van der Waals surface area contributed by atoms with Crippen molar-refractivity contribution in [1.29, 1.82) is 0 Å². The third kappa shape index (κ3) is 2.68.